The Bertz CT molecular complexity index is 751. The maximum atomic E-state index is 6.26. The van der Waals surface area contributed by atoms with E-state index in [1.165, 1.54) is 0 Å². The van der Waals surface area contributed by atoms with Crippen molar-refractivity contribution in [3.63, 3.8) is 0 Å². The fourth-order valence-corrected chi connectivity index (χ4v) is 2.82. The molecule has 1 heterocycles. The van der Waals surface area contributed by atoms with Crippen LogP contribution in [0.1, 0.15) is 0 Å². The van der Waals surface area contributed by atoms with Gasteiger partial charge in [-0.05, 0) is 52.3 Å². The van der Waals surface area contributed by atoms with Crippen LogP contribution in [0.3, 0.4) is 0 Å². The lowest BCUT2D eigenvalue weighted by Crippen LogP contribution is -1.98. The first-order chi connectivity index (χ1) is 9.66. The maximum absolute atomic E-state index is 6.26. The molecule has 0 fully saturated rings. The molecule has 1 aromatic heterocycles. The topological polar surface area (TPSA) is 17.8 Å². The first kappa shape index (κ1) is 13.7. The first-order valence-electron chi connectivity index (χ1n) is 5.91. The summed E-state index contributed by atoms with van der Waals surface area (Å²) < 4.78 is 2.84. The highest BCUT2D eigenvalue weighted by molar-refractivity contribution is 9.10. The molecule has 0 unspecified atom stereocenters. The Labute approximate surface area is 135 Å². The second-order valence-electron chi connectivity index (χ2n) is 4.20. The van der Waals surface area contributed by atoms with Crippen LogP contribution in [-0.4, -0.2) is 9.55 Å². The fourth-order valence-electron chi connectivity index (χ4n) is 2.00. The van der Waals surface area contributed by atoms with Crippen LogP contribution in [0.15, 0.2) is 59.3 Å². The number of imidazole rings is 1. The van der Waals surface area contributed by atoms with Crippen molar-refractivity contribution in [2.45, 2.75) is 0 Å². The van der Waals surface area contributed by atoms with Crippen LogP contribution in [0.2, 0.25) is 10.0 Å². The predicted molar refractivity (Wildman–Crippen MR) is 86.7 cm³/mol. The Morgan fingerprint density at radius 3 is 2.35 bits per heavy atom. The second-order valence-corrected chi connectivity index (χ2v) is 5.85. The van der Waals surface area contributed by atoms with Crippen LogP contribution in [0.5, 0.6) is 0 Å². The average Bonchev–Trinajstić information content (AvgIpc) is 2.82. The highest BCUT2D eigenvalue weighted by Gasteiger charge is 2.14. The summed E-state index contributed by atoms with van der Waals surface area (Å²) in [7, 11) is 0. The minimum Gasteiger partial charge on any atom is -0.287 e. The van der Waals surface area contributed by atoms with Crippen LogP contribution >= 0.6 is 39.1 Å². The lowest BCUT2D eigenvalue weighted by Gasteiger charge is -2.10. The molecule has 0 atom stereocenters. The third-order valence-corrected chi connectivity index (χ3v) is 4.06. The molecule has 3 aromatic rings. The standard InChI is InChI=1S/C15H9BrCl2N2/c16-14-9-19-15(12-3-1-2-4-13(12)18)20(14)11-7-5-10(17)6-8-11/h1-9H. The van der Waals surface area contributed by atoms with Gasteiger partial charge in [0.15, 0.2) is 0 Å². The fraction of sp³-hybridized carbons (Fsp3) is 0. The van der Waals surface area contributed by atoms with Crippen molar-refractivity contribution in [3.8, 4) is 17.1 Å². The van der Waals surface area contributed by atoms with Crippen molar-refractivity contribution in [1.29, 1.82) is 0 Å². The van der Waals surface area contributed by atoms with Crippen LogP contribution in [0.4, 0.5) is 0 Å². The van der Waals surface area contributed by atoms with Gasteiger partial charge in [0.1, 0.15) is 10.4 Å². The quantitative estimate of drug-likeness (QED) is 0.575. The number of rotatable bonds is 2. The monoisotopic (exact) mass is 366 g/mol. The number of benzene rings is 2. The van der Waals surface area contributed by atoms with E-state index in [2.05, 4.69) is 20.9 Å². The number of hydrogen-bond donors (Lipinski definition) is 0. The average molecular weight is 368 g/mol. The van der Waals surface area contributed by atoms with Gasteiger partial charge in [-0.1, -0.05) is 35.3 Å². The Morgan fingerprint density at radius 2 is 1.65 bits per heavy atom. The molecule has 0 bridgehead atoms. The Hall–Kier alpha value is -1.29. The van der Waals surface area contributed by atoms with E-state index < -0.39 is 0 Å². The van der Waals surface area contributed by atoms with Gasteiger partial charge >= 0.3 is 0 Å². The van der Waals surface area contributed by atoms with E-state index in [0.29, 0.717) is 10.0 Å². The molecule has 20 heavy (non-hydrogen) atoms. The number of halogens is 3. The van der Waals surface area contributed by atoms with E-state index in [9.17, 15) is 0 Å². The lowest BCUT2D eigenvalue weighted by atomic mass is 10.2. The zero-order valence-corrected chi connectivity index (χ0v) is 13.3. The van der Waals surface area contributed by atoms with Gasteiger partial charge in [0, 0.05) is 16.3 Å². The molecule has 2 aromatic carbocycles. The molecule has 0 amide bonds. The van der Waals surface area contributed by atoms with Crippen molar-refractivity contribution < 1.29 is 0 Å². The second kappa shape index (κ2) is 5.60. The minimum atomic E-state index is 0.667. The SMILES string of the molecule is Clc1ccc(-n2c(Br)cnc2-c2ccccc2Cl)cc1. The van der Waals surface area contributed by atoms with Gasteiger partial charge in [-0.3, -0.25) is 4.57 Å². The van der Waals surface area contributed by atoms with Gasteiger partial charge in [-0.2, -0.15) is 0 Å². The summed E-state index contributed by atoms with van der Waals surface area (Å²) in [6.07, 6.45) is 1.76. The summed E-state index contributed by atoms with van der Waals surface area (Å²) in [4.78, 5) is 4.44. The highest BCUT2D eigenvalue weighted by atomic mass is 79.9. The lowest BCUT2D eigenvalue weighted by molar-refractivity contribution is 1.04. The molecule has 0 saturated carbocycles. The molecule has 2 nitrogen and oxygen atoms in total. The Balaban J connectivity index is 2.20. The molecule has 3 rings (SSSR count). The summed E-state index contributed by atoms with van der Waals surface area (Å²) in [6, 6.07) is 15.2. The van der Waals surface area contributed by atoms with E-state index in [-0.39, 0.29) is 0 Å². The summed E-state index contributed by atoms with van der Waals surface area (Å²) in [5.41, 5.74) is 1.85. The number of nitrogens with zero attached hydrogens (tertiary/aromatic N) is 2. The molecule has 0 N–H and O–H groups in total. The Kier molecular flexibility index (Phi) is 3.83. The van der Waals surface area contributed by atoms with Crippen LogP contribution in [-0.2, 0) is 0 Å². The van der Waals surface area contributed by atoms with Crippen molar-refractivity contribution in [2.75, 3.05) is 0 Å². The molecule has 0 saturated heterocycles. The zero-order valence-electron chi connectivity index (χ0n) is 10.2. The highest BCUT2D eigenvalue weighted by Crippen LogP contribution is 2.31. The van der Waals surface area contributed by atoms with Crippen LogP contribution in [0, 0.1) is 0 Å². The van der Waals surface area contributed by atoms with Crippen LogP contribution in [0.25, 0.3) is 17.1 Å². The molecule has 5 heteroatoms. The Morgan fingerprint density at radius 1 is 0.950 bits per heavy atom. The van der Waals surface area contributed by atoms with Gasteiger partial charge in [-0.25, -0.2) is 4.98 Å². The maximum Gasteiger partial charge on any atom is 0.146 e. The van der Waals surface area contributed by atoms with Gasteiger partial charge in [-0.15, -0.1) is 0 Å². The summed E-state index contributed by atoms with van der Waals surface area (Å²) in [5, 5.41) is 1.37. The van der Waals surface area contributed by atoms with E-state index >= 15 is 0 Å². The number of aromatic nitrogens is 2. The smallest absolute Gasteiger partial charge is 0.146 e. The van der Waals surface area contributed by atoms with E-state index in [1.54, 1.807) is 6.20 Å². The largest absolute Gasteiger partial charge is 0.287 e. The summed E-state index contributed by atoms with van der Waals surface area (Å²) >= 11 is 15.7. The van der Waals surface area contributed by atoms with Gasteiger partial charge < -0.3 is 0 Å². The molecular formula is C15H9BrCl2N2. The van der Waals surface area contributed by atoms with Crippen LogP contribution < -0.4 is 0 Å². The minimum absolute atomic E-state index is 0.667. The summed E-state index contributed by atoms with van der Waals surface area (Å²) in [5.74, 6) is 0.782. The van der Waals surface area contributed by atoms with Gasteiger partial charge in [0.05, 0.1) is 11.2 Å². The molecule has 0 aliphatic carbocycles. The van der Waals surface area contributed by atoms with Gasteiger partial charge in [0.2, 0.25) is 0 Å². The molecule has 0 aliphatic rings. The van der Waals surface area contributed by atoms with E-state index in [0.717, 1.165) is 21.7 Å². The number of hydrogen-bond acceptors (Lipinski definition) is 1. The van der Waals surface area contributed by atoms with Crippen molar-refractivity contribution in [2.24, 2.45) is 0 Å². The predicted octanol–water partition coefficient (Wildman–Crippen LogP) is 5.61. The molecule has 0 spiro atoms. The molecular weight excluding hydrogens is 359 g/mol. The van der Waals surface area contributed by atoms with E-state index in [4.69, 9.17) is 23.2 Å². The van der Waals surface area contributed by atoms with Crippen molar-refractivity contribution >= 4 is 39.1 Å². The van der Waals surface area contributed by atoms with E-state index in [1.807, 2.05) is 53.1 Å². The molecule has 100 valence electrons. The third-order valence-electron chi connectivity index (χ3n) is 2.92. The van der Waals surface area contributed by atoms with Gasteiger partial charge in [0.25, 0.3) is 0 Å². The van der Waals surface area contributed by atoms with Crippen molar-refractivity contribution in [1.82, 2.24) is 9.55 Å². The zero-order chi connectivity index (χ0) is 14.1. The summed E-state index contributed by atoms with van der Waals surface area (Å²) in [6.45, 7) is 0. The first-order valence-corrected chi connectivity index (χ1v) is 7.46. The molecule has 0 radical (unpaired) electrons. The van der Waals surface area contributed by atoms with Crippen molar-refractivity contribution in [3.05, 3.63) is 69.4 Å². The molecule has 0 aliphatic heterocycles. The third kappa shape index (κ3) is 2.49. The normalized spacial score (nSPS) is 10.8.